The van der Waals surface area contributed by atoms with E-state index in [1.807, 2.05) is 6.07 Å². The fourth-order valence-electron chi connectivity index (χ4n) is 4.28. The summed E-state index contributed by atoms with van der Waals surface area (Å²) in [6.07, 6.45) is 0.999. The molecule has 3 rings (SSSR count). The van der Waals surface area contributed by atoms with Crippen LogP contribution in [0.2, 0.25) is 0 Å². The van der Waals surface area contributed by atoms with Crippen LogP contribution in [0.15, 0.2) is 48.5 Å². The van der Waals surface area contributed by atoms with Gasteiger partial charge in [0.05, 0.1) is 14.2 Å². The highest BCUT2D eigenvalue weighted by atomic mass is 16.5. The minimum absolute atomic E-state index is 0.115. The van der Waals surface area contributed by atoms with Crippen LogP contribution in [0.25, 0.3) is 0 Å². The molecule has 1 saturated heterocycles. The lowest BCUT2D eigenvalue weighted by molar-refractivity contribution is 0.0601. The molecule has 27 heavy (non-hydrogen) atoms. The van der Waals surface area contributed by atoms with Crippen LogP contribution in [0, 0.1) is 0 Å². The van der Waals surface area contributed by atoms with Gasteiger partial charge in [0.25, 0.3) is 0 Å². The summed E-state index contributed by atoms with van der Waals surface area (Å²) < 4.78 is 10.8. The van der Waals surface area contributed by atoms with E-state index in [4.69, 9.17) is 9.47 Å². The van der Waals surface area contributed by atoms with Crippen LogP contribution in [0.5, 0.6) is 11.5 Å². The number of hydrogen-bond donors (Lipinski definition) is 0. The van der Waals surface area contributed by atoms with Crippen molar-refractivity contribution in [2.75, 3.05) is 38.8 Å². The van der Waals surface area contributed by atoms with Crippen molar-refractivity contribution in [1.82, 2.24) is 4.90 Å². The molecule has 0 aromatic heterocycles. The molecule has 2 aromatic rings. The molecule has 1 aliphatic rings. The first-order valence-corrected chi connectivity index (χ1v) is 9.72. The molecule has 4 nitrogen and oxygen atoms in total. The molecule has 1 atom stereocenters. The number of para-hydroxylation sites is 1. The second-order valence-electron chi connectivity index (χ2n) is 8.01. The van der Waals surface area contributed by atoms with E-state index in [0.29, 0.717) is 6.04 Å². The Hall–Kier alpha value is -2.20. The Morgan fingerprint density at radius 2 is 1.70 bits per heavy atom. The molecule has 0 amide bonds. The van der Waals surface area contributed by atoms with Crippen molar-refractivity contribution in [3.05, 3.63) is 54.1 Å². The molecule has 1 aliphatic heterocycles. The zero-order valence-corrected chi connectivity index (χ0v) is 17.2. The third-order valence-corrected chi connectivity index (χ3v) is 5.58. The molecular weight excluding hydrogens is 336 g/mol. The molecule has 0 spiro atoms. The van der Waals surface area contributed by atoms with Gasteiger partial charge in [-0.1, -0.05) is 24.3 Å². The number of ether oxygens (including phenoxy) is 2. The van der Waals surface area contributed by atoms with Gasteiger partial charge >= 0.3 is 0 Å². The first-order chi connectivity index (χ1) is 12.9. The van der Waals surface area contributed by atoms with E-state index < -0.39 is 0 Å². The van der Waals surface area contributed by atoms with Gasteiger partial charge in [0, 0.05) is 36.9 Å². The Balaban J connectivity index is 1.68. The van der Waals surface area contributed by atoms with Crippen molar-refractivity contribution >= 4 is 5.69 Å². The van der Waals surface area contributed by atoms with E-state index in [9.17, 15) is 0 Å². The normalized spacial score (nSPS) is 19.7. The molecule has 1 fully saturated rings. The molecule has 1 heterocycles. The summed E-state index contributed by atoms with van der Waals surface area (Å²) in [5.41, 5.74) is 2.71. The van der Waals surface area contributed by atoms with Gasteiger partial charge in [-0.2, -0.15) is 0 Å². The maximum Gasteiger partial charge on any atom is 0.160 e. The number of hydrogen-bond acceptors (Lipinski definition) is 4. The van der Waals surface area contributed by atoms with Crippen LogP contribution in [0.4, 0.5) is 5.69 Å². The number of piperazine rings is 1. The highest BCUT2D eigenvalue weighted by Gasteiger charge is 2.37. The van der Waals surface area contributed by atoms with Gasteiger partial charge < -0.3 is 14.4 Å². The summed E-state index contributed by atoms with van der Waals surface area (Å²) in [6.45, 7) is 10.2. The molecule has 1 unspecified atom stereocenters. The average molecular weight is 369 g/mol. The standard InChI is InChI=1S/C23H32N2O2/c1-18-16-24(20-9-7-6-8-10-20)17-23(2,3)25(18)14-13-19-11-12-21(26-4)22(15-19)27-5/h6-12,15,18H,13-14,16-17H2,1-5H3. The summed E-state index contributed by atoms with van der Waals surface area (Å²) in [5.74, 6) is 1.59. The first kappa shape index (κ1) is 19.6. The van der Waals surface area contributed by atoms with Gasteiger partial charge in [-0.25, -0.2) is 0 Å². The lowest BCUT2D eigenvalue weighted by atomic mass is 9.94. The van der Waals surface area contributed by atoms with Crippen LogP contribution in [-0.4, -0.2) is 50.3 Å². The van der Waals surface area contributed by atoms with Gasteiger partial charge in [-0.3, -0.25) is 4.90 Å². The number of benzene rings is 2. The minimum atomic E-state index is 0.115. The van der Waals surface area contributed by atoms with E-state index in [1.54, 1.807) is 14.2 Å². The van der Waals surface area contributed by atoms with E-state index in [-0.39, 0.29) is 5.54 Å². The number of nitrogens with zero attached hydrogens (tertiary/aromatic N) is 2. The van der Waals surface area contributed by atoms with Crippen LogP contribution >= 0.6 is 0 Å². The minimum Gasteiger partial charge on any atom is -0.493 e. The maximum absolute atomic E-state index is 5.45. The lowest BCUT2D eigenvalue weighted by Crippen LogP contribution is -2.63. The first-order valence-electron chi connectivity index (χ1n) is 9.72. The number of rotatable bonds is 6. The predicted molar refractivity (Wildman–Crippen MR) is 112 cm³/mol. The highest BCUT2D eigenvalue weighted by Crippen LogP contribution is 2.31. The smallest absolute Gasteiger partial charge is 0.160 e. The van der Waals surface area contributed by atoms with E-state index >= 15 is 0 Å². The van der Waals surface area contributed by atoms with Crippen molar-refractivity contribution in [3.8, 4) is 11.5 Å². The predicted octanol–water partition coefficient (Wildman–Crippen LogP) is 4.24. The number of methoxy groups -OCH3 is 2. The second kappa shape index (κ2) is 8.22. The van der Waals surface area contributed by atoms with Crippen molar-refractivity contribution in [2.45, 2.75) is 38.8 Å². The van der Waals surface area contributed by atoms with Gasteiger partial charge in [-0.05, 0) is 57.0 Å². The van der Waals surface area contributed by atoms with E-state index in [2.05, 4.69) is 73.0 Å². The fourth-order valence-corrected chi connectivity index (χ4v) is 4.28. The Morgan fingerprint density at radius 3 is 2.33 bits per heavy atom. The summed E-state index contributed by atoms with van der Waals surface area (Å²) in [7, 11) is 3.36. The van der Waals surface area contributed by atoms with Crippen molar-refractivity contribution < 1.29 is 9.47 Å². The van der Waals surface area contributed by atoms with Crippen LogP contribution in [0.3, 0.4) is 0 Å². The van der Waals surface area contributed by atoms with Crippen molar-refractivity contribution in [3.63, 3.8) is 0 Å². The van der Waals surface area contributed by atoms with E-state index in [1.165, 1.54) is 11.3 Å². The third kappa shape index (κ3) is 4.38. The van der Waals surface area contributed by atoms with Crippen LogP contribution < -0.4 is 14.4 Å². The molecule has 146 valence electrons. The molecule has 0 bridgehead atoms. The Morgan fingerprint density at radius 1 is 1.00 bits per heavy atom. The second-order valence-corrected chi connectivity index (χ2v) is 8.01. The van der Waals surface area contributed by atoms with E-state index in [0.717, 1.165) is 37.6 Å². The van der Waals surface area contributed by atoms with Crippen molar-refractivity contribution in [1.29, 1.82) is 0 Å². The zero-order valence-electron chi connectivity index (χ0n) is 17.2. The average Bonchev–Trinajstić information content (AvgIpc) is 2.67. The van der Waals surface area contributed by atoms with Gasteiger partial charge in [0.2, 0.25) is 0 Å². The van der Waals surface area contributed by atoms with Crippen molar-refractivity contribution in [2.24, 2.45) is 0 Å². The Kier molecular flexibility index (Phi) is 5.95. The van der Waals surface area contributed by atoms with Gasteiger partial charge in [0.1, 0.15) is 0 Å². The molecule has 0 saturated carbocycles. The summed E-state index contributed by atoms with van der Waals surface area (Å²) >= 11 is 0. The zero-order chi connectivity index (χ0) is 19.4. The largest absolute Gasteiger partial charge is 0.493 e. The van der Waals surface area contributed by atoms with Gasteiger partial charge in [0.15, 0.2) is 11.5 Å². The molecular formula is C23H32N2O2. The summed E-state index contributed by atoms with van der Waals surface area (Å²) in [5, 5.41) is 0. The summed E-state index contributed by atoms with van der Waals surface area (Å²) in [6, 6.07) is 17.5. The molecule has 4 heteroatoms. The lowest BCUT2D eigenvalue weighted by Gasteiger charge is -2.52. The number of anilines is 1. The quantitative estimate of drug-likeness (QED) is 0.762. The Labute approximate surface area is 163 Å². The molecule has 0 aliphatic carbocycles. The molecule has 2 aromatic carbocycles. The van der Waals surface area contributed by atoms with Crippen LogP contribution in [-0.2, 0) is 6.42 Å². The highest BCUT2D eigenvalue weighted by molar-refractivity contribution is 5.47. The third-order valence-electron chi connectivity index (χ3n) is 5.58. The SMILES string of the molecule is COc1ccc(CCN2C(C)CN(c3ccccc3)CC2(C)C)cc1OC. The van der Waals surface area contributed by atoms with Gasteiger partial charge in [-0.15, -0.1) is 0 Å². The fraction of sp³-hybridized carbons (Fsp3) is 0.478. The topological polar surface area (TPSA) is 24.9 Å². The van der Waals surface area contributed by atoms with Crippen LogP contribution in [0.1, 0.15) is 26.3 Å². The maximum atomic E-state index is 5.45. The monoisotopic (exact) mass is 368 g/mol. The molecule has 0 radical (unpaired) electrons. The molecule has 0 N–H and O–H groups in total. The summed E-state index contributed by atoms with van der Waals surface area (Å²) in [4.78, 5) is 5.15. The Bertz CT molecular complexity index is 745.